The molecule has 0 saturated carbocycles. The molecule has 10 heteroatoms. The number of nitrogens with two attached hydrogens (primary N) is 1. The average molecular weight is 379 g/mol. The maximum absolute atomic E-state index is 11.0. The molecule has 0 aliphatic rings. The number of rotatable bonds is 6. The highest BCUT2D eigenvalue weighted by Crippen LogP contribution is 2.30. The molecule has 0 unspecified atom stereocenters. The lowest BCUT2D eigenvalue weighted by Gasteiger charge is -2.22. The molecule has 136 valence electrons. The minimum Gasteiger partial charge on any atom is -0.514 e. The van der Waals surface area contributed by atoms with Gasteiger partial charge in [0.25, 0.3) is 10.2 Å². The molecule has 3 rings (SSSR count). The molecule has 1 aromatic heterocycles. The highest BCUT2D eigenvalue weighted by Gasteiger charge is 2.13. The fraction of sp³-hybridized carbons (Fsp3) is 0.118. The lowest BCUT2D eigenvalue weighted by atomic mass is 9.52. The second kappa shape index (κ2) is 7.38. The summed E-state index contributed by atoms with van der Waals surface area (Å²) in [4.78, 5) is 4.46. The molecule has 27 heavy (non-hydrogen) atoms. The zero-order chi connectivity index (χ0) is 19.7. The highest BCUT2D eigenvalue weighted by molar-refractivity contribution is 7.87. The van der Waals surface area contributed by atoms with Crippen molar-refractivity contribution in [1.29, 1.82) is 0 Å². The van der Waals surface area contributed by atoms with Crippen LogP contribution in [0.2, 0.25) is 0 Å². The van der Waals surface area contributed by atoms with Gasteiger partial charge in [0.15, 0.2) is 0 Å². The van der Waals surface area contributed by atoms with E-state index in [-0.39, 0.29) is 11.8 Å². The number of ether oxygens (including phenoxy) is 1. The van der Waals surface area contributed by atoms with Crippen molar-refractivity contribution in [3.8, 4) is 16.9 Å². The predicted molar refractivity (Wildman–Crippen MR) is 116 cm³/mol. The van der Waals surface area contributed by atoms with Crippen molar-refractivity contribution in [2.24, 2.45) is 5.14 Å². The van der Waals surface area contributed by atoms with Gasteiger partial charge in [-0.1, -0.05) is 24.3 Å². The van der Waals surface area contributed by atoms with Crippen LogP contribution in [-0.2, 0) is 16.8 Å². The molecular formula is C17H20B3N3O3S. The number of hydrogen-bond acceptors (Lipinski definition) is 4. The number of fused-ring (bicyclic) bond motifs is 1. The first kappa shape index (κ1) is 19.5. The van der Waals surface area contributed by atoms with E-state index in [9.17, 15) is 8.42 Å². The summed E-state index contributed by atoms with van der Waals surface area (Å²) in [5.41, 5.74) is 3.75. The first-order chi connectivity index (χ1) is 12.6. The van der Waals surface area contributed by atoms with Gasteiger partial charge in [-0.25, -0.2) is 5.14 Å². The van der Waals surface area contributed by atoms with Crippen molar-refractivity contribution in [3.05, 3.63) is 60.3 Å². The Bertz CT molecular complexity index is 1070. The molecule has 0 spiro atoms. The third-order valence-corrected chi connectivity index (χ3v) is 4.43. The third-order valence-electron chi connectivity index (χ3n) is 3.88. The van der Waals surface area contributed by atoms with Crippen molar-refractivity contribution in [1.82, 2.24) is 9.71 Å². The number of nitrogens with zero attached hydrogens (tertiary/aromatic N) is 1. The van der Waals surface area contributed by atoms with Gasteiger partial charge in [-0.05, 0) is 34.9 Å². The largest absolute Gasteiger partial charge is 0.514 e. The van der Waals surface area contributed by atoms with Crippen LogP contribution in [0.5, 0.6) is 5.75 Å². The van der Waals surface area contributed by atoms with E-state index in [4.69, 9.17) is 9.88 Å². The van der Waals surface area contributed by atoms with Crippen molar-refractivity contribution < 1.29 is 13.2 Å². The maximum atomic E-state index is 11.0. The summed E-state index contributed by atoms with van der Waals surface area (Å²) in [7, 11) is 2.32. The van der Waals surface area contributed by atoms with Crippen LogP contribution < -0.4 is 14.6 Å². The lowest BCUT2D eigenvalue weighted by molar-refractivity contribution is 0.319. The molecule has 3 N–H and O–H groups in total. The Morgan fingerprint density at radius 3 is 2.41 bits per heavy atom. The Labute approximate surface area is 161 Å². The van der Waals surface area contributed by atoms with Gasteiger partial charge in [-0.3, -0.25) is 4.98 Å². The van der Waals surface area contributed by atoms with E-state index in [1.807, 2.05) is 72.1 Å². The standard InChI is InChI=1S/C17H20B3N3O3S/c18-17(19,20)26-13-5-6-15-14(7-8-22-16(15)9-13)12-3-1-11(2-4-12)10-23-27(21,24)25/h1-9,23H,10,18-20H2,(H2,21,24,25). The second-order valence-corrected chi connectivity index (χ2v) is 8.69. The minimum atomic E-state index is -3.70. The van der Waals surface area contributed by atoms with Crippen LogP contribution in [0.25, 0.3) is 22.0 Å². The normalized spacial score (nSPS) is 12.2. The summed E-state index contributed by atoms with van der Waals surface area (Å²) in [5, 5.41) is 5.71. The van der Waals surface area contributed by atoms with Crippen molar-refractivity contribution in [2.45, 2.75) is 11.8 Å². The SMILES string of the molecule is BC(B)(B)Oc1ccc2c(-c3ccc(CNS(N)(=O)=O)cc3)ccnc2c1. The fourth-order valence-electron chi connectivity index (χ4n) is 2.78. The summed E-state index contributed by atoms with van der Waals surface area (Å²) in [6.45, 7) is 0.156. The van der Waals surface area contributed by atoms with Crippen LogP contribution in [0.1, 0.15) is 5.56 Å². The molecule has 0 atom stereocenters. The molecule has 3 aromatic rings. The number of nitrogens with one attached hydrogen (secondary N) is 1. The Hall–Kier alpha value is -2.29. The molecule has 0 radical (unpaired) electrons. The molecule has 0 aliphatic heterocycles. The second-order valence-electron chi connectivity index (χ2n) is 7.31. The van der Waals surface area contributed by atoms with Gasteiger partial charge in [-0.2, -0.15) is 13.1 Å². The zero-order valence-corrected chi connectivity index (χ0v) is 16.4. The molecule has 0 aliphatic carbocycles. The van der Waals surface area contributed by atoms with Gasteiger partial charge in [-0.15, -0.1) is 0 Å². The molecule has 0 fully saturated rings. The van der Waals surface area contributed by atoms with E-state index >= 15 is 0 Å². The molecule has 0 bridgehead atoms. The summed E-state index contributed by atoms with van der Waals surface area (Å²) in [5.74, 6) is 0.782. The topological polar surface area (TPSA) is 94.3 Å². The maximum Gasteiger partial charge on any atom is 0.274 e. The van der Waals surface area contributed by atoms with Gasteiger partial charge in [0.1, 0.15) is 29.3 Å². The van der Waals surface area contributed by atoms with Crippen molar-refractivity contribution in [3.63, 3.8) is 0 Å². The predicted octanol–water partition coefficient (Wildman–Crippen LogP) is -0.916. The Morgan fingerprint density at radius 1 is 1.07 bits per heavy atom. The van der Waals surface area contributed by atoms with Gasteiger partial charge >= 0.3 is 0 Å². The number of hydrogen-bond donors (Lipinski definition) is 2. The van der Waals surface area contributed by atoms with Crippen LogP contribution in [0, 0.1) is 0 Å². The van der Waals surface area contributed by atoms with E-state index in [1.165, 1.54) is 0 Å². The highest BCUT2D eigenvalue weighted by atomic mass is 32.2. The Morgan fingerprint density at radius 2 is 1.78 bits per heavy atom. The number of pyridine rings is 1. The first-order valence-electron chi connectivity index (χ1n) is 8.55. The molecule has 6 nitrogen and oxygen atoms in total. The van der Waals surface area contributed by atoms with Gasteiger partial charge < -0.3 is 4.74 Å². The fourth-order valence-corrected chi connectivity index (χ4v) is 3.15. The van der Waals surface area contributed by atoms with Gasteiger partial charge in [0.05, 0.1) is 5.52 Å². The summed E-state index contributed by atoms with van der Waals surface area (Å²) >= 11 is 0. The molecular weight excluding hydrogens is 359 g/mol. The quantitative estimate of drug-likeness (QED) is 0.543. The first-order valence-corrected chi connectivity index (χ1v) is 10.1. The van der Waals surface area contributed by atoms with Crippen LogP contribution in [0.4, 0.5) is 0 Å². The average Bonchev–Trinajstić information content (AvgIpc) is 2.58. The van der Waals surface area contributed by atoms with E-state index in [2.05, 4.69) is 9.71 Å². The van der Waals surface area contributed by atoms with Gasteiger partial charge in [0.2, 0.25) is 0 Å². The zero-order valence-electron chi connectivity index (χ0n) is 15.6. The minimum absolute atomic E-state index is 0.156. The van der Waals surface area contributed by atoms with Crippen LogP contribution in [0.3, 0.4) is 0 Å². The smallest absolute Gasteiger partial charge is 0.274 e. The summed E-state index contributed by atoms with van der Waals surface area (Å²) < 4.78 is 30.2. The van der Waals surface area contributed by atoms with Crippen LogP contribution in [0.15, 0.2) is 54.7 Å². The van der Waals surface area contributed by atoms with E-state index in [0.29, 0.717) is 0 Å². The Balaban J connectivity index is 1.90. The van der Waals surface area contributed by atoms with Crippen LogP contribution in [-0.4, -0.2) is 42.2 Å². The van der Waals surface area contributed by atoms with Crippen molar-refractivity contribution in [2.75, 3.05) is 0 Å². The van der Waals surface area contributed by atoms with E-state index in [0.717, 1.165) is 33.3 Å². The number of aromatic nitrogens is 1. The van der Waals surface area contributed by atoms with E-state index in [1.54, 1.807) is 6.20 Å². The summed E-state index contributed by atoms with van der Waals surface area (Å²) in [6.07, 6.45) is 1.77. The monoisotopic (exact) mass is 379 g/mol. The molecule has 2 aromatic carbocycles. The molecule has 1 heterocycles. The summed E-state index contributed by atoms with van der Waals surface area (Å²) in [6, 6.07) is 15.5. The van der Waals surface area contributed by atoms with Gasteiger partial charge in [0, 0.05) is 29.5 Å². The Kier molecular flexibility index (Phi) is 5.32. The lowest BCUT2D eigenvalue weighted by Crippen LogP contribution is -2.37. The number of benzene rings is 2. The van der Waals surface area contributed by atoms with E-state index < -0.39 is 10.2 Å². The third kappa shape index (κ3) is 5.35. The van der Waals surface area contributed by atoms with Crippen molar-refractivity contribution >= 4 is 44.7 Å². The molecule has 0 amide bonds. The molecule has 0 saturated heterocycles. The van der Waals surface area contributed by atoms with Crippen LogP contribution >= 0.6 is 0 Å².